The predicted molar refractivity (Wildman–Crippen MR) is 37.3 cm³/mol. The molecule has 3 N–H and O–H groups in total. The Labute approximate surface area is 59.8 Å². The second-order valence-corrected chi connectivity index (χ2v) is 1.99. The van der Waals surface area contributed by atoms with Crippen LogP contribution >= 0.6 is 0 Å². The van der Waals surface area contributed by atoms with Gasteiger partial charge in [0.15, 0.2) is 0 Å². The molecule has 1 unspecified atom stereocenters. The number of hydrogen-bond donors (Lipinski definition) is 2. The molecular weight excluding hydrogens is 132 g/mol. The van der Waals surface area contributed by atoms with Crippen molar-refractivity contribution in [3.63, 3.8) is 0 Å². The number of nitrogens with one attached hydrogen (secondary N) is 1. The van der Waals surface area contributed by atoms with Crippen LogP contribution in [0.1, 0.15) is 12.8 Å². The van der Waals surface area contributed by atoms with Crippen molar-refractivity contribution in [1.82, 2.24) is 5.32 Å². The van der Waals surface area contributed by atoms with Gasteiger partial charge in [0.2, 0.25) is 5.91 Å². The topological polar surface area (TPSA) is 72.2 Å². The first-order valence-corrected chi connectivity index (χ1v) is 3.12. The molecule has 0 aromatic rings. The Hall–Kier alpha value is -0.900. The molecule has 58 valence electrons. The quantitative estimate of drug-likeness (QED) is 0.488. The lowest BCUT2D eigenvalue weighted by molar-refractivity contribution is -0.120. The molecule has 0 bridgehead atoms. The fraction of sp³-hybridized carbons (Fsp3) is 0.667. The van der Waals surface area contributed by atoms with E-state index in [1.54, 1.807) is 7.05 Å². The Morgan fingerprint density at radius 1 is 1.80 bits per heavy atom. The molecule has 0 aliphatic rings. The van der Waals surface area contributed by atoms with Gasteiger partial charge in [0.25, 0.3) is 0 Å². The Balaban J connectivity index is 3.60. The molecular formula is C6H12N2O2. The minimum Gasteiger partial charge on any atom is -0.368 e. The standard InChI is InChI=1S/C6H12N2O2/c1-8-5(6(7)10)3-2-4-9/h4-5,8H,2-3H2,1H3,(H2,7,10). The van der Waals surface area contributed by atoms with E-state index in [2.05, 4.69) is 5.32 Å². The Morgan fingerprint density at radius 2 is 2.40 bits per heavy atom. The Bertz CT molecular complexity index is 125. The third kappa shape index (κ3) is 3.19. The first-order valence-electron chi connectivity index (χ1n) is 3.12. The SMILES string of the molecule is CNC(CCC=O)C(N)=O. The molecule has 0 fully saturated rings. The summed E-state index contributed by atoms with van der Waals surface area (Å²) in [7, 11) is 1.64. The summed E-state index contributed by atoms with van der Waals surface area (Å²) in [4.78, 5) is 20.3. The number of aldehydes is 1. The normalized spacial score (nSPS) is 12.5. The summed E-state index contributed by atoms with van der Waals surface area (Å²) >= 11 is 0. The van der Waals surface area contributed by atoms with E-state index in [0.717, 1.165) is 6.29 Å². The fourth-order valence-corrected chi connectivity index (χ4v) is 0.664. The first-order chi connectivity index (χ1) is 4.72. The van der Waals surface area contributed by atoms with E-state index < -0.39 is 5.91 Å². The molecule has 1 atom stereocenters. The molecule has 0 heterocycles. The van der Waals surface area contributed by atoms with Gasteiger partial charge in [0.05, 0.1) is 6.04 Å². The molecule has 0 aliphatic carbocycles. The van der Waals surface area contributed by atoms with Crippen LogP contribution in [0.2, 0.25) is 0 Å². The first kappa shape index (κ1) is 9.10. The van der Waals surface area contributed by atoms with Gasteiger partial charge in [0, 0.05) is 6.42 Å². The van der Waals surface area contributed by atoms with Crippen molar-refractivity contribution in [3.05, 3.63) is 0 Å². The van der Waals surface area contributed by atoms with E-state index in [1.165, 1.54) is 0 Å². The van der Waals surface area contributed by atoms with E-state index in [1.807, 2.05) is 0 Å². The maximum absolute atomic E-state index is 10.5. The fourth-order valence-electron chi connectivity index (χ4n) is 0.664. The number of likely N-dealkylation sites (N-methyl/N-ethyl adjacent to an activating group) is 1. The van der Waals surface area contributed by atoms with Crippen LogP contribution in [0, 0.1) is 0 Å². The van der Waals surface area contributed by atoms with Crippen LogP contribution < -0.4 is 11.1 Å². The summed E-state index contributed by atoms with van der Waals surface area (Å²) in [5.41, 5.74) is 4.97. The number of carbonyl (C=O) groups is 2. The van der Waals surface area contributed by atoms with Crippen LogP contribution in [-0.4, -0.2) is 25.3 Å². The number of primary amides is 1. The lowest BCUT2D eigenvalue weighted by Crippen LogP contribution is -2.39. The van der Waals surface area contributed by atoms with E-state index in [-0.39, 0.29) is 6.04 Å². The predicted octanol–water partition coefficient (Wildman–Crippen LogP) is -0.961. The molecule has 0 radical (unpaired) electrons. The summed E-state index contributed by atoms with van der Waals surface area (Å²) in [5, 5.41) is 2.70. The molecule has 4 heteroatoms. The van der Waals surface area contributed by atoms with Crippen molar-refractivity contribution in [2.45, 2.75) is 18.9 Å². The van der Waals surface area contributed by atoms with Gasteiger partial charge in [-0.25, -0.2) is 0 Å². The summed E-state index contributed by atoms with van der Waals surface area (Å²) < 4.78 is 0. The van der Waals surface area contributed by atoms with Crippen LogP contribution in [0.4, 0.5) is 0 Å². The van der Waals surface area contributed by atoms with Crippen LogP contribution in [0.25, 0.3) is 0 Å². The highest BCUT2D eigenvalue weighted by Gasteiger charge is 2.10. The Kier molecular flexibility index (Phi) is 4.49. The second-order valence-electron chi connectivity index (χ2n) is 1.99. The van der Waals surface area contributed by atoms with Gasteiger partial charge in [-0.05, 0) is 13.5 Å². The van der Waals surface area contributed by atoms with Crippen LogP contribution in [0.15, 0.2) is 0 Å². The summed E-state index contributed by atoms with van der Waals surface area (Å²) in [5.74, 6) is -0.413. The van der Waals surface area contributed by atoms with Gasteiger partial charge < -0.3 is 15.8 Å². The van der Waals surface area contributed by atoms with Gasteiger partial charge in [-0.3, -0.25) is 4.79 Å². The van der Waals surface area contributed by atoms with Crippen LogP contribution in [-0.2, 0) is 9.59 Å². The minimum atomic E-state index is -0.413. The molecule has 0 saturated heterocycles. The molecule has 0 aliphatic heterocycles. The van der Waals surface area contributed by atoms with E-state index >= 15 is 0 Å². The molecule has 4 nitrogen and oxygen atoms in total. The van der Waals surface area contributed by atoms with Gasteiger partial charge in [-0.15, -0.1) is 0 Å². The van der Waals surface area contributed by atoms with Gasteiger partial charge in [0.1, 0.15) is 6.29 Å². The highest BCUT2D eigenvalue weighted by Crippen LogP contribution is 1.92. The van der Waals surface area contributed by atoms with Gasteiger partial charge in [-0.1, -0.05) is 0 Å². The average Bonchev–Trinajstić information content (AvgIpc) is 1.89. The third-order valence-electron chi connectivity index (χ3n) is 1.27. The summed E-state index contributed by atoms with van der Waals surface area (Å²) in [6.07, 6.45) is 1.62. The maximum Gasteiger partial charge on any atom is 0.234 e. The monoisotopic (exact) mass is 144 g/mol. The number of nitrogens with two attached hydrogens (primary N) is 1. The van der Waals surface area contributed by atoms with Crippen molar-refractivity contribution in [1.29, 1.82) is 0 Å². The number of amides is 1. The lowest BCUT2D eigenvalue weighted by atomic mass is 10.1. The zero-order chi connectivity index (χ0) is 7.98. The maximum atomic E-state index is 10.5. The van der Waals surface area contributed by atoms with Crippen molar-refractivity contribution in [2.75, 3.05) is 7.05 Å². The van der Waals surface area contributed by atoms with Crippen LogP contribution in [0.5, 0.6) is 0 Å². The lowest BCUT2D eigenvalue weighted by Gasteiger charge is -2.08. The molecule has 1 amide bonds. The molecule has 0 saturated carbocycles. The molecule has 0 spiro atoms. The Morgan fingerprint density at radius 3 is 2.70 bits per heavy atom. The van der Waals surface area contributed by atoms with Gasteiger partial charge in [-0.2, -0.15) is 0 Å². The van der Waals surface area contributed by atoms with Crippen molar-refractivity contribution >= 4 is 12.2 Å². The molecule has 0 aromatic carbocycles. The van der Waals surface area contributed by atoms with E-state index in [0.29, 0.717) is 12.8 Å². The number of carbonyl (C=O) groups excluding carboxylic acids is 2. The molecule has 0 aromatic heterocycles. The smallest absolute Gasteiger partial charge is 0.234 e. The highest BCUT2D eigenvalue weighted by atomic mass is 16.1. The largest absolute Gasteiger partial charge is 0.368 e. The van der Waals surface area contributed by atoms with Crippen LogP contribution in [0.3, 0.4) is 0 Å². The zero-order valence-corrected chi connectivity index (χ0v) is 5.96. The van der Waals surface area contributed by atoms with E-state index in [9.17, 15) is 9.59 Å². The molecule has 10 heavy (non-hydrogen) atoms. The molecule has 0 rings (SSSR count). The summed E-state index contributed by atoms with van der Waals surface area (Å²) in [6, 6.07) is -0.370. The number of hydrogen-bond acceptors (Lipinski definition) is 3. The average molecular weight is 144 g/mol. The second kappa shape index (κ2) is 4.93. The van der Waals surface area contributed by atoms with Gasteiger partial charge >= 0.3 is 0 Å². The third-order valence-corrected chi connectivity index (χ3v) is 1.27. The van der Waals surface area contributed by atoms with E-state index in [4.69, 9.17) is 5.73 Å². The van der Waals surface area contributed by atoms with Crippen molar-refractivity contribution < 1.29 is 9.59 Å². The van der Waals surface area contributed by atoms with Crippen molar-refractivity contribution in [2.24, 2.45) is 5.73 Å². The highest BCUT2D eigenvalue weighted by molar-refractivity contribution is 5.80. The van der Waals surface area contributed by atoms with Crippen molar-refractivity contribution in [3.8, 4) is 0 Å². The summed E-state index contributed by atoms with van der Waals surface area (Å²) in [6.45, 7) is 0. The number of rotatable bonds is 5. The zero-order valence-electron chi connectivity index (χ0n) is 5.96. The minimum absolute atomic E-state index is 0.369.